The van der Waals surface area contributed by atoms with Gasteiger partial charge in [-0.1, -0.05) is 18.5 Å². The standard InChI is InChI=1S/C14H14ClF2NO3/c1-3-9(18-4-2)10(14(20)21)13(19)7-5-6-8(16)11(15)12(7)17/h5-6,19H,3-4H2,1-2H3,(H,20,21). The van der Waals surface area contributed by atoms with Gasteiger partial charge in [-0.25, -0.2) is 13.6 Å². The Bertz CT molecular complexity index is 627. The fourth-order valence-corrected chi connectivity index (χ4v) is 1.93. The van der Waals surface area contributed by atoms with Gasteiger partial charge in [0.2, 0.25) is 0 Å². The first-order valence-electron chi connectivity index (χ1n) is 6.19. The first-order valence-corrected chi connectivity index (χ1v) is 6.56. The van der Waals surface area contributed by atoms with Crippen LogP contribution < -0.4 is 0 Å². The van der Waals surface area contributed by atoms with Crippen molar-refractivity contribution in [2.24, 2.45) is 4.99 Å². The van der Waals surface area contributed by atoms with Crippen LogP contribution in [0.25, 0.3) is 5.76 Å². The van der Waals surface area contributed by atoms with Gasteiger partial charge in [0.1, 0.15) is 22.2 Å². The Labute approximate surface area is 125 Å². The summed E-state index contributed by atoms with van der Waals surface area (Å²) in [5, 5.41) is 18.5. The molecule has 0 saturated heterocycles. The van der Waals surface area contributed by atoms with E-state index in [9.17, 15) is 23.8 Å². The van der Waals surface area contributed by atoms with Gasteiger partial charge in [0, 0.05) is 6.54 Å². The molecule has 0 atom stereocenters. The average molecular weight is 318 g/mol. The highest BCUT2D eigenvalue weighted by Crippen LogP contribution is 2.28. The van der Waals surface area contributed by atoms with Crippen molar-refractivity contribution in [1.29, 1.82) is 0 Å². The largest absolute Gasteiger partial charge is 0.506 e. The smallest absolute Gasteiger partial charge is 0.341 e. The third-order valence-electron chi connectivity index (χ3n) is 2.71. The topological polar surface area (TPSA) is 69.9 Å². The van der Waals surface area contributed by atoms with Gasteiger partial charge >= 0.3 is 5.97 Å². The van der Waals surface area contributed by atoms with Crippen LogP contribution in [0.15, 0.2) is 22.7 Å². The number of aliphatic hydroxyl groups is 1. The van der Waals surface area contributed by atoms with Crippen LogP contribution in [0.3, 0.4) is 0 Å². The van der Waals surface area contributed by atoms with Crippen LogP contribution >= 0.6 is 11.6 Å². The molecule has 0 unspecified atom stereocenters. The highest BCUT2D eigenvalue weighted by molar-refractivity contribution is 6.31. The van der Waals surface area contributed by atoms with Crippen LogP contribution in [0.1, 0.15) is 25.8 Å². The van der Waals surface area contributed by atoms with E-state index in [0.29, 0.717) is 6.54 Å². The molecular formula is C14H14ClF2NO3. The monoisotopic (exact) mass is 317 g/mol. The van der Waals surface area contributed by atoms with Gasteiger partial charge in [-0.2, -0.15) is 0 Å². The van der Waals surface area contributed by atoms with Crippen LogP contribution in [-0.2, 0) is 4.79 Å². The summed E-state index contributed by atoms with van der Waals surface area (Å²) < 4.78 is 27.0. The number of aliphatic imine (C=N–C) groups is 1. The van der Waals surface area contributed by atoms with Crippen molar-refractivity contribution < 1.29 is 23.8 Å². The van der Waals surface area contributed by atoms with Crippen molar-refractivity contribution in [3.63, 3.8) is 0 Å². The number of hydrogen-bond acceptors (Lipinski definition) is 3. The van der Waals surface area contributed by atoms with E-state index in [1.807, 2.05) is 0 Å². The van der Waals surface area contributed by atoms with E-state index in [1.165, 1.54) is 0 Å². The second-order valence-electron chi connectivity index (χ2n) is 4.03. The first-order chi connectivity index (χ1) is 9.84. The number of carboxylic acid groups (broad SMARTS) is 1. The van der Waals surface area contributed by atoms with Crippen LogP contribution in [0, 0.1) is 11.6 Å². The fourth-order valence-electron chi connectivity index (χ4n) is 1.76. The highest BCUT2D eigenvalue weighted by Gasteiger charge is 2.24. The van der Waals surface area contributed by atoms with E-state index in [1.54, 1.807) is 13.8 Å². The number of carboxylic acids is 1. The maximum atomic E-state index is 13.9. The van der Waals surface area contributed by atoms with Crippen molar-refractivity contribution in [2.75, 3.05) is 6.54 Å². The summed E-state index contributed by atoms with van der Waals surface area (Å²) in [6.45, 7) is 3.65. The minimum atomic E-state index is -1.46. The molecule has 1 aromatic carbocycles. The number of aliphatic hydroxyl groups excluding tert-OH is 1. The molecule has 21 heavy (non-hydrogen) atoms. The number of benzene rings is 1. The predicted molar refractivity (Wildman–Crippen MR) is 76.8 cm³/mol. The molecule has 0 bridgehead atoms. The van der Waals surface area contributed by atoms with Crippen LogP contribution in [0.4, 0.5) is 8.78 Å². The van der Waals surface area contributed by atoms with E-state index < -0.39 is 39.5 Å². The van der Waals surface area contributed by atoms with Gasteiger partial charge in [0.25, 0.3) is 0 Å². The molecule has 0 heterocycles. The maximum Gasteiger partial charge on any atom is 0.341 e. The molecular weight excluding hydrogens is 304 g/mol. The van der Waals surface area contributed by atoms with Crippen LogP contribution in [0.2, 0.25) is 5.02 Å². The quantitative estimate of drug-likeness (QED) is 0.375. The third kappa shape index (κ3) is 3.58. The predicted octanol–water partition coefficient (Wildman–Crippen LogP) is 3.84. The van der Waals surface area contributed by atoms with E-state index >= 15 is 0 Å². The van der Waals surface area contributed by atoms with Crippen molar-refractivity contribution >= 4 is 29.0 Å². The minimum absolute atomic E-state index is 0.113. The van der Waals surface area contributed by atoms with Gasteiger partial charge in [-0.05, 0) is 25.5 Å². The normalized spacial score (nSPS) is 13.1. The molecule has 0 radical (unpaired) electrons. The maximum absolute atomic E-state index is 13.9. The molecule has 0 fully saturated rings. The van der Waals surface area contributed by atoms with Crippen molar-refractivity contribution in [1.82, 2.24) is 0 Å². The zero-order chi connectivity index (χ0) is 16.2. The lowest BCUT2D eigenvalue weighted by Gasteiger charge is -2.10. The number of halogens is 3. The zero-order valence-corrected chi connectivity index (χ0v) is 12.2. The van der Waals surface area contributed by atoms with Gasteiger partial charge in [-0.15, -0.1) is 0 Å². The van der Waals surface area contributed by atoms with Crippen molar-refractivity contribution in [2.45, 2.75) is 20.3 Å². The SMILES string of the molecule is CCN=C(CC)C(C(=O)O)=C(O)c1ccc(F)c(Cl)c1F. The molecule has 0 aromatic heterocycles. The Morgan fingerprint density at radius 3 is 2.38 bits per heavy atom. The third-order valence-corrected chi connectivity index (χ3v) is 3.06. The molecule has 0 saturated carbocycles. The molecule has 7 heteroatoms. The zero-order valence-electron chi connectivity index (χ0n) is 11.5. The van der Waals surface area contributed by atoms with Crippen molar-refractivity contribution in [3.8, 4) is 0 Å². The lowest BCUT2D eigenvalue weighted by atomic mass is 10.0. The number of aliphatic carboxylic acids is 1. The molecule has 0 spiro atoms. The Kier molecular flexibility index (Phi) is 5.84. The lowest BCUT2D eigenvalue weighted by molar-refractivity contribution is -0.132. The minimum Gasteiger partial charge on any atom is -0.506 e. The van der Waals surface area contributed by atoms with Crippen molar-refractivity contribution in [3.05, 3.63) is 39.9 Å². The van der Waals surface area contributed by atoms with Gasteiger partial charge in [0.15, 0.2) is 5.82 Å². The van der Waals surface area contributed by atoms with E-state index in [4.69, 9.17) is 11.6 Å². The van der Waals surface area contributed by atoms with E-state index in [-0.39, 0.29) is 12.1 Å². The highest BCUT2D eigenvalue weighted by atomic mass is 35.5. The summed E-state index contributed by atoms with van der Waals surface area (Å²) in [6, 6.07) is 1.77. The summed E-state index contributed by atoms with van der Waals surface area (Å²) >= 11 is 5.42. The molecule has 114 valence electrons. The molecule has 0 amide bonds. The summed E-state index contributed by atoms with van der Waals surface area (Å²) in [7, 11) is 0. The summed E-state index contributed by atoms with van der Waals surface area (Å²) in [5.41, 5.74) is -0.903. The van der Waals surface area contributed by atoms with Crippen LogP contribution in [0.5, 0.6) is 0 Å². The van der Waals surface area contributed by atoms with E-state index in [2.05, 4.69) is 4.99 Å². The lowest BCUT2D eigenvalue weighted by Crippen LogP contribution is -2.15. The number of hydrogen-bond donors (Lipinski definition) is 2. The molecule has 4 nitrogen and oxygen atoms in total. The van der Waals surface area contributed by atoms with Gasteiger partial charge in [-0.3, -0.25) is 4.99 Å². The first kappa shape index (κ1) is 17.1. The van der Waals surface area contributed by atoms with E-state index in [0.717, 1.165) is 12.1 Å². The Morgan fingerprint density at radius 1 is 1.29 bits per heavy atom. The fraction of sp³-hybridized carbons (Fsp3) is 0.286. The number of rotatable bonds is 5. The summed E-state index contributed by atoms with van der Waals surface area (Å²) in [6.07, 6.45) is 0.232. The molecule has 0 aliphatic heterocycles. The Hall–Kier alpha value is -1.95. The number of nitrogens with zero attached hydrogens (tertiary/aromatic N) is 1. The summed E-state index contributed by atoms with van der Waals surface area (Å²) in [4.78, 5) is 15.3. The van der Waals surface area contributed by atoms with Gasteiger partial charge < -0.3 is 10.2 Å². The second kappa shape index (κ2) is 7.17. The van der Waals surface area contributed by atoms with Gasteiger partial charge in [0.05, 0.1) is 11.3 Å². The number of carbonyl (C=O) groups is 1. The van der Waals surface area contributed by atoms with Crippen LogP contribution in [-0.4, -0.2) is 28.4 Å². The Morgan fingerprint density at radius 2 is 1.90 bits per heavy atom. The molecule has 1 aromatic rings. The molecule has 1 rings (SSSR count). The summed E-state index contributed by atoms with van der Waals surface area (Å²) in [5.74, 6) is -4.52. The molecule has 0 aliphatic rings. The average Bonchev–Trinajstić information content (AvgIpc) is 2.43. The molecule has 2 N–H and O–H groups in total. The Balaban J connectivity index is 3.60. The molecule has 0 aliphatic carbocycles. The second-order valence-corrected chi connectivity index (χ2v) is 4.40.